The predicted molar refractivity (Wildman–Crippen MR) is 87.4 cm³/mol. The van der Waals surface area contributed by atoms with Gasteiger partial charge in [0.05, 0.1) is 5.56 Å². The van der Waals surface area contributed by atoms with Gasteiger partial charge in [0.15, 0.2) is 0 Å². The topological polar surface area (TPSA) is 101 Å². The van der Waals surface area contributed by atoms with E-state index in [0.717, 1.165) is 28.1 Å². The van der Waals surface area contributed by atoms with Crippen molar-refractivity contribution in [1.29, 1.82) is 0 Å². The largest absolute Gasteiger partial charge is 1.00 e. The Hall–Kier alpha value is -1.48. The molecule has 0 radical (unpaired) electrons. The van der Waals surface area contributed by atoms with E-state index in [-0.39, 0.29) is 31.0 Å². The molecule has 0 amide bonds. The number of benzene rings is 2. The van der Waals surface area contributed by atoms with E-state index in [4.69, 9.17) is 22.0 Å². The monoisotopic (exact) mass is 357 g/mol. The third-order valence-electron chi connectivity index (χ3n) is 2.97. The number of hydrogen-bond donors (Lipinski definition) is 2. The van der Waals surface area contributed by atoms with E-state index in [0.29, 0.717) is 0 Å². The standard InChI is InChI=1S/C16H13NO.Na.H2O4S.H/c1-12-15(13-8-4-2-5-9-13)16(17-18-12)14-10-6-3-7-11-14;;1-5(2,3)4;/h2-11H,1H3;;(H2,1,2,3,4);/q;+1;;-1. The van der Waals surface area contributed by atoms with Crippen LogP contribution in [0.5, 0.6) is 0 Å². The van der Waals surface area contributed by atoms with Crippen LogP contribution in [0.15, 0.2) is 65.2 Å². The first kappa shape index (κ1) is 20.6. The zero-order chi connectivity index (χ0) is 16.9. The summed E-state index contributed by atoms with van der Waals surface area (Å²) in [6.45, 7) is 1.95. The van der Waals surface area contributed by atoms with Crippen molar-refractivity contribution in [2.75, 3.05) is 0 Å². The van der Waals surface area contributed by atoms with Crippen molar-refractivity contribution in [1.82, 2.24) is 5.16 Å². The van der Waals surface area contributed by atoms with Gasteiger partial charge >= 0.3 is 40.0 Å². The van der Waals surface area contributed by atoms with Crippen LogP contribution < -0.4 is 29.6 Å². The van der Waals surface area contributed by atoms with E-state index in [1.54, 1.807) is 0 Å². The fraction of sp³-hybridized carbons (Fsp3) is 0.0625. The van der Waals surface area contributed by atoms with Gasteiger partial charge in [0, 0.05) is 5.56 Å². The van der Waals surface area contributed by atoms with Gasteiger partial charge in [-0.1, -0.05) is 65.8 Å². The van der Waals surface area contributed by atoms with Gasteiger partial charge in [-0.25, -0.2) is 0 Å². The summed E-state index contributed by atoms with van der Waals surface area (Å²) >= 11 is 0. The van der Waals surface area contributed by atoms with Gasteiger partial charge in [0.1, 0.15) is 11.5 Å². The van der Waals surface area contributed by atoms with Crippen molar-refractivity contribution in [3.8, 4) is 22.4 Å². The van der Waals surface area contributed by atoms with Crippen LogP contribution in [0.1, 0.15) is 7.19 Å². The fourth-order valence-electron chi connectivity index (χ4n) is 2.11. The van der Waals surface area contributed by atoms with Gasteiger partial charge in [0.2, 0.25) is 0 Å². The zero-order valence-corrected chi connectivity index (χ0v) is 16.1. The average molecular weight is 357 g/mol. The fourth-order valence-corrected chi connectivity index (χ4v) is 2.11. The maximum atomic E-state index is 8.74. The van der Waals surface area contributed by atoms with Gasteiger partial charge < -0.3 is 5.95 Å². The van der Waals surface area contributed by atoms with E-state index in [2.05, 4.69) is 17.3 Å². The molecule has 0 atom stereocenters. The van der Waals surface area contributed by atoms with Gasteiger partial charge in [-0.05, 0) is 12.5 Å². The maximum Gasteiger partial charge on any atom is 1.00 e. The van der Waals surface area contributed by atoms with Crippen LogP contribution in [0, 0.1) is 6.92 Å². The Morgan fingerprint density at radius 1 is 0.917 bits per heavy atom. The molecule has 2 aromatic carbocycles. The maximum absolute atomic E-state index is 8.74. The summed E-state index contributed by atoms with van der Waals surface area (Å²) in [5, 5.41) is 4.19. The Kier molecular flexibility index (Phi) is 7.82. The van der Waals surface area contributed by atoms with Crippen LogP contribution in [-0.2, 0) is 10.4 Å². The molecule has 3 aromatic rings. The molecule has 0 fully saturated rings. The van der Waals surface area contributed by atoms with Crippen LogP contribution in [-0.4, -0.2) is 22.7 Å². The van der Waals surface area contributed by atoms with Gasteiger partial charge in [-0.2, -0.15) is 8.42 Å². The Labute approximate surface area is 163 Å². The second-order valence-corrected chi connectivity index (χ2v) is 5.54. The van der Waals surface area contributed by atoms with E-state index in [9.17, 15) is 0 Å². The van der Waals surface area contributed by atoms with Crippen LogP contribution in [0.2, 0.25) is 0 Å². The minimum atomic E-state index is -4.67. The molecular formula is C16H16NNaO5S. The molecule has 0 unspecified atom stereocenters. The van der Waals surface area contributed by atoms with E-state index < -0.39 is 10.4 Å². The number of rotatable bonds is 2. The predicted octanol–water partition coefficient (Wildman–Crippen LogP) is 0.781. The van der Waals surface area contributed by atoms with Crippen molar-refractivity contribution >= 4 is 10.4 Å². The summed E-state index contributed by atoms with van der Waals surface area (Å²) in [4.78, 5) is 0. The molecule has 0 aliphatic carbocycles. The molecule has 0 aliphatic rings. The van der Waals surface area contributed by atoms with Crippen LogP contribution in [0.3, 0.4) is 0 Å². The summed E-state index contributed by atoms with van der Waals surface area (Å²) in [5.41, 5.74) is 4.18. The number of nitrogens with zero attached hydrogens (tertiary/aromatic N) is 1. The smallest absolute Gasteiger partial charge is 1.00 e. The van der Waals surface area contributed by atoms with Crippen molar-refractivity contribution in [2.24, 2.45) is 0 Å². The molecule has 6 nitrogen and oxygen atoms in total. The van der Waals surface area contributed by atoms with E-state index >= 15 is 0 Å². The quantitative estimate of drug-likeness (QED) is 0.519. The molecule has 0 saturated heterocycles. The zero-order valence-electron chi connectivity index (χ0n) is 14.2. The third-order valence-corrected chi connectivity index (χ3v) is 2.97. The van der Waals surface area contributed by atoms with Crippen molar-refractivity contribution in [2.45, 2.75) is 6.92 Å². The minimum Gasteiger partial charge on any atom is -1.00 e. The number of aromatic nitrogens is 1. The molecule has 0 aliphatic heterocycles. The number of aryl methyl sites for hydroxylation is 1. The molecule has 0 saturated carbocycles. The Morgan fingerprint density at radius 2 is 1.33 bits per heavy atom. The normalized spacial score (nSPS) is 10.3. The summed E-state index contributed by atoms with van der Waals surface area (Å²) < 4.78 is 36.9. The first-order chi connectivity index (χ1) is 10.9. The van der Waals surface area contributed by atoms with Crippen molar-refractivity contribution in [3.63, 3.8) is 0 Å². The van der Waals surface area contributed by atoms with Crippen LogP contribution in [0.25, 0.3) is 22.4 Å². The van der Waals surface area contributed by atoms with Gasteiger partial charge in [-0.15, -0.1) is 0 Å². The third kappa shape index (κ3) is 6.20. The molecule has 0 bridgehead atoms. The molecule has 0 spiro atoms. The van der Waals surface area contributed by atoms with Crippen molar-refractivity contribution in [3.05, 3.63) is 66.4 Å². The SMILES string of the molecule is Cc1onc(-c2ccccc2)c1-c1ccccc1.O=S(=O)(O)O.[H-].[Na+]. The summed E-state index contributed by atoms with van der Waals surface area (Å²) in [7, 11) is -4.67. The van der Waals surface area contributed by atoms with Crippen molar-refractivity contribution < 1.29 is 53.0 Å². The minimum absolute atomic E-state index is 0. The molecular weight excluding hydrogens is 341 g/mol. The molecule has 1 aromatic heterocycles. The first-order valence-electron chi connectivity index (χ1n) is 6.63. The molecule has 8 heteroatoms. The van der Waals surface area contributed by atoms with Gasteiger partial charge in [-0.3, -0.25) is 9.11 Å². The molecule has 122 valence electrons. The summed E-state index contributed by atoms with van der Waals surface area (Å²) in [5.74, 6) is 0.847. The Morgan fingerprint density at radius 3 is 1.79 bits per heavy atom. The summed E-state index contributed by atoms with van der Waals surface area (Å²) in [6.07, 6.45) is 0. The molecule has 1 heterocycles. The summed E-state index contributed by atoms with van der Waals surface area (Å²) in [6, 6.07) is 20.3. The molecule has 3 rings (SSSR count). The van der Waals surface area contributed by atoms with E-state index in [1.165, 1.54) is 0 Å². The average Bonchev–Trinajstić information content (AvgIpc) is 2.89. The van der Waals surface area contributed by atoms with Crippen LogP contribution in [0.4, 0.5) is 0 Å². The molecule has 2 N–H and O–H groups in total. The van der Waals surface area contributed by atoms with Crippen LogP contribution >= 0.6 is 0 Å². The Balaban J connectivity index is 0.000000734. The molecule has 24 heavy (non-hydrogen) atoms. The second-order valence-electron chi connectivity index (χ2n) is 4.64. The second kappa shape index (κ2) is 9.12. The van der Waals surface area contributed by atoms with E-state index in [1.807, 2.05) is 55.5 Å². The number of hydrogen-bond acceptors (Lipinski definition) is 4. The first-order valence-corrected chi connectivity index (χ1v) is 8.03. The van der Waals surface area contributed by atoms with Gasteiger partial charge in [0.25, 0.3) is 0 Å². The Bertz CT molecular complexity index is 862.